The Hall–Kier alpha value is -1.36. The monoisotopic (exact) mass is 251 g/mol. The second-order valence-electron chi connectivity index (χ2n) is 4.15. The van der Waals surface area contributed by atoms with Gasteiger partial charge in [0.15, 0.2) is 0 Å². The fourth-order valence-corrected chi connectivity index (χ4v) is 3.16. The van der Waals surface area contributed by atoms with Crippen LogP contribution in [0.2, 0.25) is 0 Å². The minimum Gasteiger partial charge on any atom is -0.396 e. The highest BCUT2D eigenvalue weighted by Crippen LogP contribution is 2.28. The maximum Gasteiger partial charge on any atom is 0.250 e. The molecule has 4 nitrogen and oxygen atoms in total. The van der Waals surface area contributed by atoms with Crippen LogP contribution in [-0.4, -0.2) is 23.5 Å². The van der Waals surface area contributed by atoms with E-state index in [0.717, 1.165) is 12.2 Å². The number of amides is 1. The van der Waals surface area contributed by atoms with Gasteiger partial charge in [0.05, 0.1) is 16.9 Å². The summed E-state index contributed by atoms with van der Waals surface area (Å²) in [6.45, 7) is 0.886. The van der Waals surface area contributed by atoms with Gasteiger partial charge in [0.25, 0.3) is 5.91 Å². The lowest BCUT2D eigenvalue weighted by atomic mass is 10.1. The maximum absolute atomic E-state index is 11.1. The van der Waals surface area contributed by atoms with Crippen LogP contribution in [0.15, 0.2) is 18.2 Å². The molecule has 0 saturated carbocycles. The third-order valence-electron chi connectivity index (χ3n) is 2.92. The second-order valence-corrected chi connectivity index (χ2v) is 5.56. The number of nitrogens with one attached hydrogen (secondary N) is 1. The molecule has 0 radical (unpaired) electrons. The Labute approximate surface area is 105 Å². The lowest BCUT2D eigenvalue weighted by Crippen LogP contribution is -2.17. The highest BCUT2D eigenvalue weighted by Gasteiger charge is 2.16. The predicted octanol–water partition coefficient (Wildman–Crippen LogP) is 1.68. The van der Waals surface area contributed by atoms with Crippen LogP contribution in [0.3, 0.4) is 0 Å². The summed E-state index contributed by atoms with van der Waals surface area (Å²) < 4.78 is 0. The predicted molar refractivity (Wildman–Crippen MR) is 73.3 cm³/mol. The van der Waals surface area contributed by atoms with Crippen molar-refractivity contribution in [3.05, 3.63) is 23.8 Å². The number of thioether (sulfide) groups is 1. The average Bonchev–Trinajstić information content (AvgIpc) is 2.80. The second kappa shape index (κ2) is 5.31. The number of benzene rings is 1. The molecule has 1 aromatic rings. The Bertz CT molecular complexity index is 416. The molecule has 5 N–H and O–H groups in total. The minimum atomic E-state index is -0.485. The SMILES string of the molecule is NC(=O)c1cccc(NCC2CCCS2)c1N. The van der Waals surface area contributed by atoms with E-state index in [1.165, 1.54) is 18.6 Å². The van der Waals surface area contributed by atoms with E-state index >= 15 is 0 Å². The van der Waals surface area contributed by atoms with Gasteiger partial charge in [-0.25, -0.2) is 0 Å². The quantitative estimate of drug-likeness (QED) is 0.711. The third kappa shape index (κ3) is 2.85. The number of carbonyl (C=O) groups excluding carboxylic acids is 1. The van der Waals surface area contributed by atoms with Crippen molar-refractivity contribution >= 4 is 29.0 Å². The maximum atomic E-state index is 11.1. The molecule has 2 rings (SSSR count). The number of hydrogen-bond donors (Lipinski definition) is 3. The largest absolute Gasteiger partial charge is 0.396 e. The number of nitrogens with two attached hydrogens (primary N) is 2. The van der Waals surface area contributed by atoms with Crippen molar-refractivity contribution in [3.63, 3.8) is 0 Å². The van der Waals surface area contributed by atoms with Crippen LogP contribution >= 0.6 is 11.8 Å². The Kier molecular flexibility index (Phi) is 3.78. The molecule has 1 amide bonds. The van der Waals surface area contributed by atoms with E-state index in [0.29, 0.717) is 16.5 Å². The normalized spacial score (nSPS) is 19.2. The van der Waals surface area contributed by atoms with Crippen LogP contribution in [0, 0.1) is 0 Å². The molecule has 1 aliphatic heterocycles. The number of nitrogen functional groups attached to an aromatic ring is 1. The van der Waals surface area contributed by atoms with Gasteiger partial charge >= 0.3 is 0 Å². The molecule has 1 atom stereocenters. The van der Waals surface area contributed by atoms with E-state index in [9.17, 15) is 4.79 Å². The summed E-state index contributed by atoms with van der Waals surface area (Å²) in [5.74, 6) is 0.754. The van der Waals surface area contributed by atoms with Gasteiger partial charge in [0.2, 0.25) is 0 Å². The van der Waals surface area contributed by atoms with E-state index < -0.39 is 5.91 Å². The molecule has 1 aliphatic rings. The van der Waals surface area contributed by atoms with Gasteiger partial charge in [-0.15, -0.1) is 0 Å². The fraction of sp³-hybridized carbons (Fsp3) is 0.417. The van der Waals surface area contributed by atoms with Crippen molar-refractivity contribution in [2.24, 2.45) is 5.73 Å². The van der Waals surface area contributed by atoms with E-state index in [-0.39, 0.29) is 0 Å². The Morgan fingerprint density at radius 1 is 1.53 bits per heavy atom. The first-order valence-corrected chi connectivity index (χ1v) is 6.77. The number of primary amides is 1. The van der Waals surface area contributed by atoms with E-state index in [1.54, 1.807) is 12.1 Å². The van der Waals surface area contributed by atoms with Crippen LogP contribution in [0.4, 0.5) is 11.4 Å². The first-order chi connectivity index (χ1) is 8.18. The summed E-state index contributed by atoms with van der Waals surface area (Å²) in [4.78, 5) is 11.1. The highest BCUT2D eigenvalue weighted by atomic mass is 32.2. The summed E-state index contributed by atoms with van der Waals surface area (Å²) in [6, 6.07) is 5.31. The molecule has 0 aliphatic carbocycles. The lowest BCUT2D eigenvalue weighted by molar-refractivity contribution is 0.100. The fourth-order valence-electron chi connectivity index (χ4n) is 1.96. The molecule has 0 bridgehead atoms. The van der Waals surface area contributed by atoms with E-state index in [4.69, 9.17) is 11.5 Å². The molecular formula is C12H17N3OS. The molecule has 1 fully saturated rings. The van der Waals surface area contributed by atoms with Crippen molar-refractivity contribution in [2.75, 3.05) is 23.3 Å². The number of anilines is 2. The zero-order chi connectivity index (χ0) is 12.3. The van der Waals surface area contributed by atoms with Gasteiger partial charge in [0, 0.05) is 11.8 Å². The van der Waals surface area contributed by atoms with Crippen molar-refractivity contribution < 1.29 is 4.79 Å². The van der Waals surface area contributed by atoms with Crippen LogP contribution in [0.1, 0.15) is 23.2 Å². The molecule has 92 valence electrons. The van der Waals surface area contributed by atoms with Crippen LogP contribution in [0.25, 0.3) is 0 Å². The molecule has 1 unspecified atom stereocenters. The first kappa shape index (κ1) is 12.1. The summed E-state index contributed by atoms with van der Waals surface area (Å²) >= 11 is 1.98. The van der Waals surface area contributed by atoms with Crippen LogP contribution in [-0.2, 0) is 0 Å². The Morgan fingerprint density at radius 3 is 3.00 bits per heavy atom. The van der Waals surface area contributed by atoms with Gasteiger partial charge < -0.3 is 16.8 Å². The van der Waals surface area contributed by atoms with Gasteiger partial charge in [-0.2, -0.15) is 11.8 Å². The summed E-state index contributed by atoms with van der Waals surface area (Å²) in [6.07, 6.45) is 2.53. The van der Waals surface area contributed by atoms with Gasteiger partial charge in [-0.05, 0) is 30.7 Å². The van der Waals surface area contributed by atoms with Gasteiger partial charge in [-0.3, -0.25) is 4.79 Å². The molecule has 1 heterocycles. The Balaban J connectivity index is 2.04. The van der Waals surface area contributed by atoms with Crippen molar-refractivity contribution in [1.29, 1.82) is 0 Å². The lowest BCUT2D eigenvalue weighted by Gasteiger charge is -2.14. The smallest absolute Gasteiger partial charge is 0.250 e. The molecular weight excluding hydrogens is 234 g/mol. The molecule has 1 saturated heterocycles. The van der Waals surface area contributed by atoms with Crippen molar-refractivity contribution in [2.45, 2.75) is 18.1 Å². The third-order valence-corrected chi connectivity index (χ3v) is 4.31. The standard InChI is InChI=1S/C12H17N3OS/c13-11-9(12(14)16)4-1-5-10(11)15-7-8-3-2-6-17-8/h1,4-5,8,15H,2-3,6-7,13H2,(H2,14,16). The van der Waals surface area contributed by atoms with Crippen molar-refractivity contribution in [1.82, 2.24) is 0 Å². The van der Waals surface area contributed by atoms with E-state index in [1.807, 2.05) is 17.8 Å². The average molecular weight is 251 g/mol. The van der Waals surface area contributed by atoms with Crippen LogP contribution in [0.5, 0.6) is 0 Å². The molecule has 1 aromatic carbocycles. The first-order valence-electron chi connectivity index (χ1n) is 5.72. The summed E-state index contributed by atoms with van der Waals surface area (Å²) in [7, 11) is 0. The van der Waals surface area contributed by atoms with E-state index in [2.05, 4.69) is 5.32 Å². The highest BCUT2D eigenvalue weighted by molar-refractivity contribution is 8.00. The molecule has 0 spiro atoms. The number of rotatable bonds is 4. The Morgan fingerprint density at radius 2 is 2.35 bits per heavy atom. The number of para-hydroxylation sites is 1. The number of carbonyl (C=O) groups is 1. The van der Waals surface area contributed by atoms with Gasteiger partial charge in [0.1, 0.15) is 0 Å². The summed E-state index contributed by atoms with van der Waals surface area (Å²) in [5.41, 5.74) is 12.8. The number of hydrogen-bond acceptors (Lipinski definition) is 4. The topological polar surface area (TPSA) is 81.1 Å². The molecule has 5 heteroatoms. The van der Waals surface area contributed by atoms with Crippen LogP contribution < -0.4 is 16.8 Å². The molecule has 0 aromatic heterocycles. The van der Waals surface area contributed by atoms with Gasteiger partial charge in [-0.1, -0.05) is 6.07 Å². The van der Waals surface area contributed by atoms with Crippen molar-refractivity contribution in [3.8, 4) is 0 Å². The zero-order valence-corrected chi connectivity index (χ0v) is 10.4. The summed E-state index contributed by atoms with van der Waals surface area (Å²) in [5, 5.41) is 3.94. The minimum absolute atomic E-state index is 0.383. The zero-order valence-electron chi connectivity index (χ0n) is 9.61. The molecule has 17 heavy (non-hydrogen) atoms.